The van der Waals surface area contributed by atoms with Crippen molar-refractivity contribution in [1.29, 1.82) is 0 Å². The average molecular weight is 381 g/mol. The Labute approximate surface area is 153 Å². The van der Waals surface area contributed by atoms with Gasteiger partial charge in [0.1, 0.15) is 0 Å². The summed E-state index contributed by atoms with van der Waals surface area (Å²) in [5, 5.41) is 3.26. The summed E-state index contributed by atoms with van der Waals surface area (Å²) in [6.07, 6.45) is 1.14. The molecule has 2 aromatic rings. The van der Waals surface area contributed by atoms with Crippen LogP contribution in [0.5, 0.6) is 0 Å². The molecule has 0 atom stereocenters. The summed E-state index contributed by atoms with van der Waals surface area (Å²) in [4.78, 5) is 12.1. The minimum Gasteiger partial charge on any atom is -0.326 e. The highest BCUT2D eigenvalue weighted by atomic mass is 35.5. The normalized spacial score (nSPS) is 11.2. The first-order valence-corrected chi connectivity index (χ1v) is 10.00. The predicted octanol–water partition coefficient (Wildman–Crippen LogP) is 3.75. The number of anilines is 2. The fourth-order valence-electron chi connectivity index (χ4n) is 2.37. The van der Waals surface area contributed by atoms with Crippen LogP contribution in [0.4, 0.5) is 11.4 Å². The van der Waals surface area contributed by atoms with Crippen LogP contribution in [0.25, 0.3) is 0 Å². The number of sulfonamides is 1. The minimum absolute atomic E-state index is 0.0342. The van der Waals surface area contributed by atoms with E-state index < -0.39 is 10.0 Å². The maximum Gasteiger partial charge on any atom is 0.232 e. The van der Waals surface area contributed by atoms with Crippen LogP contribution in [0.2, 0.25) is 5.02 Å². The van der Waals surface area contributed by atoms with E-state index in [0.717, 1.165) is 17.4 Å². The summed E-state index contributed by atoms with van der Waals surface area (Å²) in [5.74, 6) is -0.252. The molecule has 25 heavy (non-hydrogen) atoms. The molecule has 7 heteroatoms. The van der Waals surface area contributed by atoms with E-state index in [2.05, 4.69) is 5.32 Å². The van der Waals surface area contributed by atoms with Gasteiger partial charge in [0.15, 0.2) is 0 Å². The first-order chi connectivity index (χ1) is 11.7. The first-order valence-electron chi connectivity index (χ1n) is 7.77. The Bertz CT molecular complexity index is 882. The van der Waals surface area contributed by atoms with Crippen molar-refractivity contribution in [2.45, 2.75) is 20.3 Å². The number of amides is 1. The summed E-state index contributed by atoms with van der Waals surface area (Å²) in [6, 6.07) is 12.5. The first kappa shape index (κ1) is 19.3. The van der Waals surface area contributed by atoms with E-state index in [4.69, 9.17) is 11.6 Å². The van der Waals surface area contributed by atoms with Gasteiger partial charge in [-0.25, -0.2) is 8.42 Å². The lowest BCUT2D eigenvalue weighted by atomic mass is 10.2. The van der Waals surface area contributed by atoms with Crippen LogP contribution < -0.4 is 9.62 Å². The lowest BCUT2D eigenvalue weighted by molar-refractivity contribution is -0.116. The zero-order chi connectivity index (χ0) is 18.6. The Kier molecular flexibility index (Phi) is 6.08. The van der Waals surface area contributed by atoms with E-state index in [0.29, 0.717) is 16.4 Å². The fourth-order valence-corrected chi connectivity index (χ4v) is 3.47. The number of carbonyl (C=O) groups is 1. The number of benzene rings is 2. The molecule has 0 heterocycles. The molecule has 2 aromatic carbocycles. The van der Waals surface area contributed by atoms with Gasteiger partial charge in [-0.05, 0) is 49.2 Å². The van der Waals surface area contributed by atoms with Crippen molar-refractivity contribution in [3.63, 3.8) is 0 Å². The van der Waals surface area contributed by atoms with Crippen molar-refractivity contribution >= 4 is 38.9 Å². The molecule has 0 spiro atoms. The molecular formula is C18H21ClN2O3S. The number of carbonyl (C=O) groups excluding carboxylic acids is 1. The molecule has 2 rings (SSSR count). The van der Waals surface area contributed by atoms with Crippen LogP contribution >= 0.6 is 11.6 Å². The van der Waals surface area contributed by atoms with Crippen LogP contribution in [0.1, 0.15) is 17.5 Å². The highest BCUT2D eigenvalue weighted by Crippen LogP contribution is 2.25. The second-order valence-electron chi connectivity index (χ2n) is 5.94. The van der Waals surface area contributed by atoms with Gasteiger partial charge in [-0.15, -0.1) is 0 Å². The lowest BCUT2D eigenvalue weighted by Gasteiger charge is -2.22. The number of hydrogen-bond acceptors (Lipinski definition) is 3. The zero-order valence-corrected chi connectivity index (χ0v) is 16.0. The summed E-state index contributed by atoms with van der Waals surface area (Å²) in [5.41, 5.74) is 3.02. The maximum absolute atomic E-state index is 12.1. The molecule has 0 aromatic heterocycles. The third-order valence-corrected chi connectivity index (χ3v) is 5.29. The van der Waals surface area contributed by atoms with Crippen molar-refractivity contribution in [3.8, 4) is 0 Å². The summed E-state index contributed by atoms with van der Waals surface area (Å²) in [7, 11) is -3.53. The molecule has 0 radical (unpaired) electrons. The SMILES string of the molecule is Cc1cccc(NC(=O)CCN(c2ccc(C)c(Cl)c2)S(C)(=O)=O)c1. The molecule has 0 saturated heterocycles. The molecule has 0 bridgehead atoms. The molecule has 134 valence electrons. The van der Waals surface area contributed by atoms with Gasteiger partial charge in [-0.1, -0.05) is 29.8 Å². The number of aryl methyl sites for hydroxylation is 2. The molecule has 1 N–H and O–H groups in total. The van der Waals surface area contributed by atoms with Crippen LogP contribution in [0.3, 0.4) is 0 Å². The van der Waals surface area contributed by atoms with Gasteiger partial charge in [-0.3, -0.25) is 9.10 Å². The minimum atomic E-state index is -3.53. The maximum atomic E-state index is 12.1. The van der Waals surface area contributed by atoms with Crippen molar-refractivity contribution in [3.05, 3.63) is 58.6 Å². The number of rotatable bonds is 6. The van der Waals surface area contributed by atoms with Crippen LogP contribution in [0, 0.1) is 13.8 Å². The number of nitrogens with one attached hydrogen (secondary N) is 1. The van der Waals surface area contributed by atoms with Gasteiger partial charge in [0.25, 0.3) is 0 Å². The number of halogens is 1. The number of nitrogens with zero attached hydrogens (tertiary/aromatic N) is 1. The van der Waals surface area contributed by atoms with Crippen LogP contribution in [0.15, 0.2) is 42.5 Å². The summed E-state index contributed by atoms with van der Waals surface area (Å²) in [6.45, 7) is 3.81. The molecule has 0 saturated carbocycles. The molecule has 0 aliphatic carbocycles. The third-order valence-electron chi connectivity index (χ3n) is 3.69. The molecule has 5 nitrogen and oxygen atoms in total. The quantitative estimate of drug-likeness (QED) is 0.829. The second-order valence-corrected chi connectivity index (χ2v) is 8.25. The van der Waals surface area contributed by atoms with E-state index in [1.165, 1.54) is 4.31 Å². The molecule has 0 aliphatic rings. The second kappa shape index (κ2) is 7.89. The van der Waals surface area contributed by atoms with E-state index in [1.54, 1.807) is 24.3 Å². The molecular weight excluding hydrogens is 360 g/mol. The fraction of sp³-hybridized carbons (Fsp3) is 0.278. The Morgan fingerprint density at radius 3 is 2.48 bits per heavy atom. The average Bonchev–Trinajstić information content (AvgIpc) is 2.49. The smallest absolute Gasteiger partial charge is 0.232 e. The van der Waals surface area contributed by atoms with E-state index in [-0.39, 0.29) is 18.9 Å². The molecule has 1 amide bonds. The lowest BCUT2D eigenvalue weighted by Crippen LogP contribution is -2.33. The Morgan fingerprint density at radius 2 is 1.88 bits per heavy atom. The highest BCUT2D eigenvalue weighted by molar-refractivity contribution is 7.92. The zero-order valence-electron chi connectivity index (χ0n) is 14.4. The summed E-state index contributed by atoms with van der Waals surface area (Å²) >= 11 is 6.09. The van der Waals surface area contributed by atoms with Crippen molar-refractivity contribution in [2.24, 2.45) is 0 Å². The standard InChI is InChI=1S/C18H21ClN2O3S/c1-13-5-4-6-15(11-13)20-18(22)9-10-21(25(3,23)24)16-8-7-14(2)17(19)12-16/h4-8,11-12H,9-10H2,1-3H3,(H,20,22). The van der Waals surface area contributed by atoms with Gasteiger partial charge < -0.3 is 5.32 Å². The summed E-state index contributed by atoms with van der Waals surface area (Å²) < 4.78 is 25.4. The monoisotopic (exact) mass is 380 g/mol. The van der Waals surface area contributed by atoms with Crippen LogP contribution in [-0.2, 0) is 14.8 Å². The Morgan fingerprint density at radius 1 is 1.16 bits per heavy atom. The topological polar surface area (TPSA) is 66.5 Å². The molecule has 0 aliphatic heterocycles. The highest BCUT2D eigenvalue weighted by Gasteiger charge is 2.19. The molecule has 0 fully saturated rings. The predicted molar refractivity (Wildman–Crippen MR) is 103 cm³/mol. The third kappa shape index (κ3) is 5.47. The Hall–Kier alpha value is -2.05. The Balaban J connectivity index is 2.10. The van der Waals surface area contributed by atoms with Gasteiger partial charge in [0.2, 0.25) is 15.9 Å². The van der Waals surface area contributed by atoms with Gasteiger partial charge in [0, 0.05) is 23.7 Å². The van der Waals surface area contributed by atoms with Crippen molar-refractivity contribution in [2.75, 3.05) is 22.4 Å². The van der Waals surface area contributed by atoms with E-state index in [1.807, 2.05) is 32.0 Å². The largest absolute Gasteiger partial charge is 0.326 e. The van der Waals surface area contributed by atoms with Crippen molar-refractivity contribution in [1.82, 2.24) is 0 Å². The van der Waals surface area contributed by atoms with Crippen molar-refractivity contribution < 1.29 is 13.2 Å². The number of hydrogen-bond donors (Lipinski definition) is 1. The van der Waals surface area contributed by atoms with Gasteiger partial charge in [-0.2, -0.15) is 0 Å². The van der Waals surface area contributed by atoms with E-state index >= 15 is 0 Å². The van der Waals surface area contributed by atoms with Gasteiger partial charge >= 0.3 is 0 Å². The van der Waals surface area contributed by atoms with Crippen LogP contribution in [-0.4, -0.2) is 27.1 Å². The van der Waals surface area contributed by atoms with E-state index in [9.17, 15) is 13.2 Å². The van der Waals surface area contributed by atoms with Gasteiger partial charge in [0.05, 0.1) is 11.9 Å². The molecule has 0 unspecified atom stereocenters.